The normalized spacial score (nSPS) is 17.9. The molecule has 1 N–H and O–H groups in total. The van der Waals surface area contributed by atoms with Gasteiger partial charge < -0.3 is 10.1 Å². The molecule has 1 aliphatic heterocycles. The number of hydrogen-bond donors (Lipinski definition) is 1. The van der Waals surface area contributed by atoms with Crippen LogP contribution in [0, 0.1) is 0 Å². The van der Waals surface area contributed by atoms with Crippen LogP contribution in [0.15, 0.2) is 18.2 Å². The van der Waals surface area contributed by atoms with Crippen LogP contribution in [0.1, 0.15) is 38.7 Å². The summed E-state index contributed by atoms with van der Waals surface area (Å²) in [4.78, 5) is 23.7. The van der Waals surface area contributed by atoms with E-state index in [4.69, 9.17) is 16.3 Å². The molecule has 0 saturated heterocycles. The van der Waals surface area contributed by atoms with Crippen molar-refractivity contribution in [2.24, 2.45) is 0 Å². The molecule has 0 aromatic heterocycles. The minimum absolute atomic E-state index is 0.0243. The lowest BCUT2D eigenvalue weighted by atomic mass is 9.97. The van der Waals surface area contributed by atoms with Crippen molar-refractivity contribution in [3.63, 3.8) is 0 Å². The van der Waals surface area contributed by atoms with Gasteiger partial charge in [-0.05, 0) is 44.5 Å². The van der Waals surface area contributed by atoms with Gasteiger partial charge in [0.05, 0.1) is 12.3 Å². The monoisotopic (exact) mass is 281 g/mol. The molecular weight excluding hydrogens is 266 g/mol. The quantitative estimate of drug-likeness (QED) is 0.848. The fourth-order valence-electron chi connectivity index (χ4n) is 2.05. The predicted octanol–water partition coefficient (Wildman–Crippen LogP) is 3.11. The van der Waals surface area contributed by atoms with E-state index in [9.17, 15) is 9.59 Å². The van der Waals surface area contributed by atoms with Gasteiger partial charge in [0, 0.05) is 10.7 Å². The largest absolute Gasteiger partial charge is 0.460 e. The molecule has 19 heavy (non-hydrogen) atoms. The van der Waals surface area contributed by atoms with Crippen molar-refractivity contribution in [2.75, 3.05) is 5.32 Å². The van der Waals surface area contributed by atoms with Gasteiger partial charge >= 0.3 is 5.97 Å². The number of rotatable bonds is 2. The minimum atomic E-state index is -0.552. The predicted molar refractivity (Wildman–Crippen MR) is 73.3 cm³/mol. The zero-order valence-corrected chi connectivity index (χ0v) is 11.9. The van der Waals surface area contributed by atoms with E-state index in [2.05, 4.69) is 5.32 Å². The molecule has 1 aromatic carbocycles. The van der Waals surface area contributed by atoms with E-state index >= 15 is 0 Å². The van der Waals surface area contributed by atoms with Crippen molar-refractivity contribution < 1.29 is 14.3 Å². The minimum Gasteiger partial charge on any atom is -0.460 e. The highest BCUT2D eigenvalue weighted by molar-refractivity contribution is 6.31. The summed E-state index contributed by atoms with van der Waals surface area (Å²) in [7, 11) is 0. The Labute approximate surface area is 117 Å². The van der Waals surface area contributed by atoms with Crippen LogP contribution in [0.4, 0.5) is 5.69 Å². The first-order chi connectivity index (χ1) is 8.76. The Morgan fingerprint density at radius 2 is 2.11 bits per heavy atom. The van der Waals surface area contributed by atoms with E-state index in [1.165, 1.54) is 0 Å². The number of anilines is 1. The molecule has 5 heteroatoms. The third-order valence-electron chi connectivity index (χ3n) is 2.75. The Bertz CT molecular complexity index is 534. The summed E-state index contributed by atoms with van der Waals surface area (Å²) >= 11 is 5.92. The van der Waals surface area contributed by atoms with Crippen molar-refractivity contribution >= 4 is 29.2 Å². The number of amides is 1. The Morgan fingerprint density at radius 1 is 1.42 bits per heavy atom. The molecule has 1 heterocycles. The first kappa shape index (κ1) is 13.9. The van der Waals surface area contributed by atoms with Gasteiger partial charge in [0.2, 0.25) is 5.91 Å². The summed E-state index contributed by atoms with van der Waals surface area (Å²) in [6, 6.07) is 5.16. The number of nitrogens with one attached hydrogen (secondary N) is 1. The van der Waals surface area contributed by atoms with Crippen molar-refractivity contribution in [1.29, 1.82) is 0 Å². The SMILES string of the molecule is CC(C)(C)OC(=O)CC1C(=O)Nc2ccc(Cl)cc21. The third kappa shape index (κ3) is 3.26. The van der Waals surface area contributed by atoms with E-state index in [0.717, 1.165) is 5.56 Å². The number of benzene rings is 1. The molecule has 0 aliphatic carbocycles. The molecule has 0 fully saturated rings. The number of esters is 1. The van der Waals surface area contributed by atoms with Crippen LogP contribution in [0.5, 0.6) is 0 Å². The molecule has 2 rings (SSSR count). The molecule has 0 saturated carbocycles. The number of fused-ring (bicyclic) bond motifs is 1. The maximum Gasteiger partial charge on any atom is 0.307 e. The van der Waals surface area contributed by atoms with Crippen molar-refractivity contribution in [3.8, 4) is 0 Å². The number of carbonyl (C=O) groups is 2. The lowest BCUT2D eigenvalue weighted by molar-refractivity contribution is -0.156. The lowest BCUT2D eigenvalue weighted by Gasteiger charge is -2.20. The molecule has 4 nitrogen and oxygen atoms in total. The fourth-order valence-corrected chi connectivity index (χ4v) is 2.23. The topological polar surface area (TPSA) is 55.4 Å². The van der Waals surface area contributed by atoms with Gasteiger partial charge in [0.15, 0.2) is 0 Å². The average molecular weight is 282 g/mol. The summed E-state index contributed by atoms with van der Waals surface area (Å²) < 4.78 is 5.24. The van der Waals surface area contributed by atoms with Crippen LogP contribution in [-0.4, -0.2) is 17.5 Å². The summed E-state index contributed by atoms with van der Waals surface area (Å²) in [5, 5.41) is 3.28. The third-order valence-corrected chi connectivity index (χ3v) is 2.99. The Hall–Kier alpha value is -1.55. The highest BCUT2D eigenvalue weighted by Crippen LogP contribution is 2.36. The molecule has 1 aromatic rings. The summed E-state index contributed by atoms with van der Waals surface area (Å²) in [5.74, 6) is -1.10. The second-order valence-corrected chi connectivity index (χ2v) is 6.00. The molecule has 1 amide bonds. The second-order valence-electron chi connectivity index (χ2n) is 5.56. The highest BCUT2D eigenvalue weighted by atomic mass is 35.5. The average Bonchev–Trinajstić information content (AvgIpc) is 2.53. The van der Waals surface area contributed by atoms with Crippen LogP contribution in [0.2, 0.25) is 5.02 Å². The standard InChI is InChI=1S/C14H16ClNO3/c1-14(2,3)19-12(17)7-10-9-6-8(15)4-5-11(9)16-13(10)18/h4-6,10H,7H2,1-3H3,(H,16,18). The molecule has 1 unspecified atom stereocenters. The van der Waals surface area contributed by atoms with Gasteiger partial charge in [-0.15, -0.1) is 0 Å². The van der Waals surface area contributed by atoms with Crippen LogP contribution in [0.25, 0.3) is 0 Å². The molecule has 1 aliphatic rings. The Morgan fingerprint density at radius 3 is 2.74 bits per heavy atom. The molecule has 102 valence electrons. The Kier molecular flexibility index (Phi) is 3.54. The van der Waals surface area contributed by atoms with Crippen LogP contribution in [-0.2, 0) is 14.3 Å². The van der Waals surface area contributed by atoms with E-state index in [1.54, 1.807) is 39.0 Å². The van der Waals surface area contributed by atoms with Gasteiger partial charge in [-0.25, -0.2) is 0 Å². The van der Waals surface area contributed by atoms with Crippen molar-refractivity contribution in [3.05, 3.63) is 28.8 Å². The van der Waals surface area contributed by atoms with Crippen LogP contribution < -0.4 is 5.32 Å². The first-order valence-corrected chi connectivity index (χ1v) is 6.46. The maximum absolute atomic E-state index is 11.9. The smallest absolute Gasteiger partial charge is 0.307 e. The number of ether oxygens (including phenoxy) is 1. The zero-order valence-electron chi connectivity index (χ0n) is 11.1. The zero-order chi connectivity index (χ0) is 14.2. The summed E-state index contributed by atoms with van der Waals surface area (Å²) in [6.07, 6.45) is 0.0243. The number of hydrogen-bond acceptors (Lipinski definition) is 3. The van der Waals surface area contributed by atoms with Crippen LogP contribution >= 0.6 is 11.6 Å². The second kappa shape index (κ2) is 4.85. The number of halogens is 1. The molecule has 0 bridgehead atoms. The van der Waals surface area contributed by atoms with Crippen molar-refractivity contribution in [1.82, 2.24) is 0 Å². The molecule has 1 atom stereocenters. The molecular formula is C14H16ClNO3. The Balaban J connectivity index is 2.16. The van der Waals surface area contributed by atoms with E-state index in [1.807, 2.05) is 0 Å². The van der Waals surface area contributed by atoms with Gasteiger partial charge in [-0.3, -0.25) is 9.59 Å². The van der Waals surface area contributed by atoms with Gasteiger partial charge in [-0.2, -0.15) is 0 Å². The fraction of sp³-hybridized carbons (Fsp3) is 0.429. The maximum atomic E-state index is 11.9. The van der Waals surface area contributed by atoms with Gasteiger partial charge in [-0.1, -0.05) is 11.6 Å². The lowest BCUT2D eigenvalue weighted by Crippen LogP contribution is -2.26. The van der Waals surface area contributed by atoms with E-state index < -0.39 is 11.5 Å². The molecule has 0 radical (unpaired) electrons. The summed E-state index contributed by atoms with van der Waals surface area (Å²) in [6.45, 7) is 5.39. The van der Waals surface area contributed by atoms with Gasteiger partial charge in [0.1, 0.15) is 5.60 Å². The van der Waals surface area contributed by atoms with Crippen LogP contribution in [0.3, 0.4) is 0 Å². The van der Waals surface area contributed by atoms with E-state index in [-0.39, 0.29) is 18.3 Å². The number of carbonyl (C=O) groups excluding carboxylic acids is 2. The van der Waals surface area contributed by atoms with Crippen molar-refractivity contribution in [2.45, 2.75) is 38.7 Å². The first-order valence-electron chi connectivity index (χ1n) is 6.08. The van der Waals surface area contributed by atoms with E-state index in [0.29, 0.717) is 10.7 Å². The van der Waals surface area contributed by atoms with Gasteiger partial charge in [0.25, 0.3) is 0 Å². The highest BCUT2D eigenvalue weighted by Gasteiger charge is 2.33. The molecule has 0 spiro atoms. The summed E-state index contributed by atoms with van der Waals surface area (Å²) in [5.41, 5.74) is 0.912.